The normalized spacial score (nSPS) is 10.7. The molecule has 3 rings (SSSR count). The molecule has 0 aliphatic rings. The summed E-state index contributed by atoms with van der Waals surface area (Å²) >= 11 is 0. The fraction of sp³-hybridized carbons (Fsp3) is 0.263. The van der Waals surface area contributed by atoms with Gasteiger partial charge in [-0.25, -0.2) is 4.98 Å². The third-order valence-corrected chi connectivity index (χ3v) is 4.00. The summed E-state index contributed by atoms with van der Waals surface area (Å²) in [6.45, 7) is 5.20. The Kier molecular flexibility index (Phi) is 4.29. The number of fused-ring (bicyclic) bond motifs is 1. The number of nitriles is 1. The second-order valence-corrected chi connectivity index (χ2v) is 5.61. The van der Waals surface area contributed by atoms with Crippen LogP contribution in [0.1, 0.15) is 23.4 Å². The van der Waals surface area contributed by atoms with E-state index in [-0.39, 0.29) is 0 Å². The van der Waals surface area contributed by atoms with E-state index in [1.54, 1.807) is 0 Å². The van der Waals surface area contributed by atoms with Crippen molar-refractivity contribution in [1.29, 1.82) is 5.26 Å². The molecular weight excluding hydrogens is 286 g/mol. The fourth-order valence-corrected chi connectivity index (χ4v) is 2.62. The zero-order valence-corrected chi connectivity index (χ0v) is 13.4. The van der Waals surface area contributed by atoms with Crippen molar-refractivity contribution in [2.75, 3.05) is 0 Å². The topological polar surface area (TPSA) is 50.8 Å². The standard InChI is InChI=1S/C19H19N3O/c1-14-11-17-18(12-15(14)2)22(10-6-9-20)19(21-17)13-23-16-7-4-3-5-8-16/h3-5,7-8,11-12H,6,10,13H2,1-2H3. The summed E-state index contributed by atoms with van der Waals surface area (Å²) in [5.74, 6) is 1.67. The number of benzene rings is 2. The Labute approximate surface area is 136 Å². The van der Waals surface area contributed by atoms with Gasteiger partial charge in [-0.15, -0.1) is 0 Å². The molecule has 0 saturated carbocycles. The lowest BCUT2D eigenvalue weighted by atomic mass is 10.1. The Morgan fingerprint density at radius 2 is 1.87 bits per heavy atom. The summed E-state index contributed by atoms with van der Waals surface area (Å²) < 4.78 is 7.93. The first-order valence-corrected chi connectivity index (χ1v) is 7.70. The summed E-state index contributed by atoms with van der Waals surface area (Å²) in [4.78, 5) is 4.71. The van der Waals surface area contributed by atoms with Crippen molar-refractivity contribution in [1.82, 2.24) is 9.55 Å². The van der Waals surface area contributed by atoms with Gasteiger partial charge in [0.1, 0.15) is 18.2 Å². The van der Waals surface area contributed by atoms with E-state index < -0.39 is 0 Å². The van der Waals surface area contributed by atoms with Gasteiger partial charge in [-0.3, -0.25) is 0 Å². The predicted octanol–water partition coefficient (Wildman–Crippen LogP) is 4.15. The average Bonchev–Trinajstić information content (AvgIpc) is 2.89. The Hall–Kier alpha value is -2.80. The highest BCUT2D eigenvalue weighted by molar-refractivity contribution is 5.78. The van der Waals surface area contributed by atoms with Crippen molar-refractivity contribution in [3.63, 3.8) is 0 Å². The van der Waals surface area contributed by atoms with Crippen LogP contribution in [0.5, 0.6) is 5.75 Å². The van der Waals surface area contributed by atoms with Gasteiger partial charge in [0.15, 0.2) is 0 Å². The third kappa shape index (κ3) is 3.19. The molecule has 0 saturated heterocycles. The highest BCUT2D eigenvalue weighted by atomic mass is 16.5. The molecule has 0 aliphatic heterocycles. The zero-order chi connectivity index (χ0) is 16.2. The van der Waals surface area contributed by atoms with Gasteiger partial charge < -0.3 is 9.30 Å². The van der Waals surface area contributed by atoms with E-state index in [1.807, 2.05) is 30.3 Å². The van der Waals surface area contributed by atoms with Crippen LogP contribution in [0.15, 0.2) is 42.5 Å². The van der Waals surface area contributed by atoms with Gasteiger partial charge in [0.2, 0.25) is 0 Å². The van der Waals surface area contributed by atoms with Gasteiger partial charge in [0.05, 0.1) is 23.5 Å². The van der Waals surface area contributed by atoms with Gasteiger partial charge >= 0.3 is 0 Å². The molecule has 0 aliphatic carbocycles. The van der Waals surface area contributed by atoms with Crippen LogP contribution in [0.4, 0.5) is 0 Å². The minimum atomic E-state index is 0.391. The SMILES string of the molecule is Cc1cc2nc(COc3ccccc3)n(CCC#N)c2cc1C. The number of rotatable bonds is 5. The lowest BCUT2D eigenvalue weighted by molar-refractivity contribution is 0.290. The molecule has 23 heavy (non-hydrogen) atoms. The van der Waals surface area contributed by atoms with E-state index in [0.717, 1.165) is 22.6 Å². The highest BCUT2D eigenvalue weighted by Gasteiger charge is 2.12. The van der Waals surface area contributed by atoms with Gasteiger partial charge in [-0.2, -0.15) is 5.26 Å². The summed E-state index contributed by atoms with van der Waals surface area (Å²) in [5, 5.41) is 8.92. The van der Waals surface area contributed by atoms with E-state index in [0.29, 0.717) is 19.6 Å². The molecule has 0 bridgehead atoms. The maximum Gasteiger partial charge on any atom is 0.148 e. The molecule has 1 heterocycles. The molecule has 2 aromatic carbocycles. The number of hydrogen-bond donors (Lipinski definition) is 0. The van der Waals surface area contributed by atoms with Crippen LogP contribution in [0.3, 0.4) is 0 Å². The van der Waals surface area contributed by atoms with E-state index in [9.17, 15) is 0 Å². The van der Waals surface area contributed by atoms with Crippen molar-refractivity contribution < 1.29 is 4.74 Å². The second kappa shape index (κ2) is 6.53. The van der Waals surface area contributed by atoms with Crippen LogP contribution in [-0.4, -0.2) is 9.55 Å². The number of ether oxygens (including phenoxy) is 1. The molecule has 0 radical (unpaired) electrons. The van der Waals surface area contributed by atoms with E-state index >= 15 is 0 Å². The van der Waals surface area contributed by atoms with E-state index in [1.165, 1.54) is 11.1 Å². The molecular formula is C19H19N3O. The van der Waals surface area contributed by atoms with Crippen molar-refractivity contribution in [2.24, 2.45) is 0 Å². The summed E-state index contributed by atoms with van der Waals surface area (Å²) in [6, 6.07) is 16.1. The second-order valence-electron chi connectivity index (χ2n) is 5.61. The molecule has 0 amide bonds. The van der Waals surface area contributed by atoms with Crippen LogP contribution in [0, 0.1) is 25.2 Å². The molecule has 4 heteroatoms. The van der Waals surface area contributed by atoms with Crippen LogP contribution in [0.25, 0.3) is 11.0 Å². The minimum Gasteiger partial charge on any atom is -0.486 e. The quantitative estimate of drug-likeness (QED) is 0.711. The molecule has 0 N–H and O–H groups in total. The first kappa shape index (κ1) is 15.1. The largest absolute Gasteiger partial charge is 0.486 e. The fourth-order valence-electron chi connectivity index (χ4n) is 2.62. The lowest BCUT2D eigenvalue weighted by Gasteiger charge is -2.09. The summed E-state index contributed by atoms with van der Waals surface area (Å²) in [6.07, 6.45) is 0.455. The Morgan fingerprint density at radius 1 is 1.13 bits per heavy atom. The van der Waals surface area contributed by atoms with E-state index in [4.69, 9.17) is 15.0 Å². The van der Waals surface area contributed by atoms with Gasteiger partial charge in [0.25, 0.3) is 0 Å². The number of para-hydroxylation sites is 1. The summed E-state index contributed by atoms with van der Waals surface area (Å²) in [7, 11) is 0. The average molecular weight is 305 g/mol. The monoisotopic (exact) mass is 305 g/mol. The van der Waals surface area contributed by atoms with Crippen molar-refractivity contribution >= 4 is 11.0 Å². The molecule has 3 aromatic rings. The van der Waals surface area contributed by atoms with Crippen molar-refractivity contribution in [2.45, 2.75) is 33.4 Å². The first-order valence-electron chi connectivity index (χ1n) is 7.70. The number of nitrogens with zero attached hydrogens (tertiary/aromatic N) is 3. The Morgan fingerprint density at radius 3 is 2.61 bits per heavy atom. The number of aryl methyl sites for hydroxylation is 3. The minimum absolute atomic E-state index is 0.391. The zero-order valence-electron chi connectivity index (χ0n) is 13.4. The first-order chi connectivity index (χ1) is 11.2. The van der Waals surface area contributed by atoms with Crippen LogP contribution in [0.2, 0.25) is 0 Å². The maximum absolute atomic E-state index is 8.92. The van der Waals surface area contributed by atoms with Gasteiger partial charge in [-0.1, -0.05) is 18.2 Å². The molecule has 116 valence electrons. The van der Waals surface area contributed by atoms with Crippen molar-refractivity contribution in [3.8, 4) is 11.8 Å². The number of hydrogen-bond acceptors (Lipinski definition) is 3. The maximum atomic E-state index is 8.92. The Balaban J connectivity index is 1.96. The van der Waals surface area contributed by atoms with Gasteiger partial charge in [-0.05, 0) is 49.2 Å². The summed E-state index contributed by atoms with van der Waals surface area (Å²) in [5.41, 5.74) is 4.47. The van der Waals surface area contributed by atoms with Gasteiger partial charge in [0, 0.05) is 6.54 Å². The molecule has 0 unspecified atom stereocenters. The lowest BCUT2D eigenvalue weighted by Crippen LogP contribution is -2.07. The highest BCUT2D eigenvalue weighted by Crippen LogP contribution is 2.22. The van der Waals surface area contributed by atoms with Crippen molar-refractivity contribution in [3.05, 3.63) is 59.4 Å². The molecule has 1 aromatic heterocycles. The number of imidazole rings is 1. The third-order valence-electron chi connectivity index (χ3n) is 4.00. The Bertz CT molecular complexity index is 860. The van der Waals surface area contributed by atoms with Crippen LogP contribution >= 0.6 is 0 Å². The molecule has 0 fully saturated rings. The molecule has 0 atom stereocenters. The predicted molar refractivity (Wildman–Crippen MR) is 90.2 cm³/mol. The van der Waals surface area contributed by atoms with E-state index in [2.05, 4.69) is 36.6 Å². The van der Waals surface area contributed by atoms with Crippen LogP contribution < -0.4 is 4.74 Å². The van der Waals surface area contributed by atoms with Crippen LogP contribution in [-0.2, 0) is 13.2 Å². The molecule has 0 spiro atoms. The molecule has 4 nitrogen and oxygen atoms in total. The smallest absolute Gasteiger partial charge is 0.148 e. The number of aromatic nitrogens is 2.